The standard InChI is InChI=1S/C20H28N4O2/c1-2-7-14-24(13-6-1)15-18-22-19(23-26-18)17-11-8-12-21-20(17)25-16-9-4-3-5-10-16/h8,11-12,16H,1-7,9-10,13-15H2. The number of pyridine rings is 1. The van der Waals surface area contributed by atoms with Gasteiger partial charge in [0.1, 0.15) is 6.10 Å². The highest BCUT2D eigenvalue weighted by atomic mass is 16.5. The predicted molar refractivity (Wildman–Crippen MR) is 98.8 cm³/mol. The molecular formula is C20H28N4O2. The fourth-order valence-corrected chi connectivity index (χ4v) is 3.91. The molecule has 4 rings (SSSR count). The topological polar surface area (TPSA) is 64.3 Å². The molecule has 2 fully saturated rings. The average molecular weight is 356 g/mol. The van der Waals surface area contributed by atoms with Crippen LogP contribution in [0.5, 0.6) is 5.88 Å². The average Bonchev–Trinajstić information content (AvgIpc) is 2.98. The van der Waals surface area contributed by atoms with Gasteiger partial charge >= 0.3 is 0 Å². The lowest BCUT2D eigenvalue weighted by Gasteiger charge is -2.23. The van der Waals surface area contributed by atoms with E-state index in [-0.39, 0.29) is 6.10 Å². The summed E-state index contributed by atoms with van der Waals surface area (Å²) in [5.41, 5.74) is 0.823. The van der Waals surface area contributed by atoms with Gasteiger partial charge in [0.15, 0.2) is 0 Å². The third-order valence-corrected chi connectivity index (χ3v) is 5.37. The fourth-order valence-electron chi connectivity index (χ4n) is 3.91. The quantitative estimate of drug-likeness (QED) is 0.799. The van der Waals surface area contributed by atoms with Crippen LogP contribution in [0.4, 0.5) is 0 Å². The van der Waals surface area contributed by atoms with Gasteiger partial charge in [-0.3, -0.25) is 4.90 Å². The summed E-state index contributed by atoms with van der Waals surface area (Å²) in [5.74, 6) is 1.88. The SMILES string of the molecule is c1cnc(OC2CCCCC2)c(-c2noc(CN3CCCCCC3)n2)c1. The summed E-state index contributed by atoms with van der Waals surface area (Å²) < 4.78 is 11.7. The monoisotopic (exact) mass is 356 g/mol. The zero-order valence-electron chi connectivity index (χ0n) is 15.4. The molecule has 0 unspecified atom stereocenters. The summed E-state index contributed by atoms with van der Waals surface area (Å²) >= 11 is 0. The first-order valence-corrected chi connectivity index (χ1v) is 10.1. The molecule has 2 aromatic rings. The molecule has 1 aliphatic carbocycles. The first kappa shape index (κ1) is 17.5. The molecule has 6 heteroatoms. The highest BCUT2D eigenvalue weighted by molar-refractivity contribution is 5.60. The first-order valence-electron chi connectivity index (χ1n) is 10.1. The molecule has 3 heterocycles. The van der Waals surface area contributed by atoms with Gasteiger partial charge < -0.3 is 9.26 Å². The normalized spacial score (nSPS) is 20.0. The molecule has 0 spiro atoms. The largest absolute Gasteiger partial charge is 0.474 e. The van der Waals surface area contributed by atoms with Gasteiger partial charge in [-0.15, -0.1) is 0 Å². The van der Waals surface area contributed by atoms with Crippen LogP contribution in [-0.4, -0.2) is 39.2 Å². The van der Waals surface area contributed by atoms with Crippen molar-refractivity contribution in [2.75, 3.05) is 13.1 Å². The highest BCUT2D eigenvalue weighted by Gasteiger charge is 2.21. The highest BCUT2D eigenvalue weighted by Crippen LogP contribution is 2.29. The van der Waals surface area contributed by atoms with Gasteiger partial charge in [0.05, 0.1) is 12.1 Å². The van der Waals surface area contributed by atoms with Crippen LogP contribution in [0.15, 0.2) is 22.9 Å². The number of nitrogens with zero attached hydrogens (tertiary/aromatic N) is 4. The molecule has 1 aliphatic heterocycles. The van der Waals surface area contributed by atoms with E-state index in [2.05, 4.69) is 20.0 Å². The maximum atomic E-state index is 6.17. The summed E-state index contributed by atoms with van der Waals surface area (Å²) in [6, 6.07) is 3.86. The van der Waals surface area contributed by atoms with Gasteiger partial charge in [0, 0.05) is 6.20 Å². The van der Waals surface area contributed by atoms with E-state index in [1.807, 2.05) is 12.1 Å². The van der Waals surface area contributed by atoms with Gasteiger partial charge in [-0.2, -0.15) is 4.98 Å². The van der Waals surface area contributed by atoms with Crippen molar-refractivity contribution in [2.45, 2.75) is 70.4 Å². The summed E-state index contributed by atoms with van der Waals surface area (Å²) in [4.78, 5) is 11.5. The van der Waals surface area contributed by atoms with Gasteiger partial charge in [0.2, 0.25) is 17.6 Å². The third kappa shape index (κ3) is 4.41. The second-order valence-electron chi connectivity index (χ2n) is 7.44. The second-order valence-corrected chi connectivity index (χ2v) is 7.44. The molecular weight excluding hydrogens is 328 g/mol. The molecule has 1 saturated carbocycles. The van der Waals surface area contributed by atoms with Crippen molar-refractivity contribution < 1.29 is 9.26 Å². The Balaban J connectivity index is 1.46. The molecule has 0 bridgehead atoms. The second kappa shape index (κ2) is 8.62. The van der Waals surface area contributed by atoms with Crippen LogP contribution in [-0.2, 0) is 6.54 Å². The minimum atomic E-state index is 0.251. The number of hydrogen-bond acceptors (Lipinski definition) is 6. The van der Waals surface area contributed by atoms with Crippen LogP contribution in [0.1, 0.15) is 63.7 Å². The van der Waals surface area contributed by atoms with Crippen molar-refractivity contribution in [3.8, 4) is 17.3 Å². The fraction of sp³-hybridized carbons (Fsp3) is 0.650. The summed E-state index contributed by atoms with van der Waals surface area (Å²) in [5, 5.41) is 4.20. The minimum absolute atomic E-state index is 0.251. The molecule has 0 radical (unpaired) electrons. The van der Waals surface area contributed by atoms with Crippen molar-refractivity contribution in [3.63, 3.8) is 0 Å². The molecule has 6 nitrogen and oxygen atoms in total. The third-order valence-electron chi connectivity index (χ3n) is 5.37. The molecule has 0 atom stereocenters. The van der Waals surface area contributed by atoms with Crippen molar-refractivity contribution >= 4 is 0 Å². The maximum absolute atomic E-state index is 6.17. The molecule has 1 saturated heterocycles. The Morgan fingerprint density at radius 3 is 2.62 bits per heavy atom. The van der Waals surface area contributed by atoms with Gasteiger partial charge in [-0.05, 0) is 63.7 Å². The molecule has 0 amide bonds. The van der Waals surface area contributed by atoms with Crippen molar-refractivity contribution in [1.82, 2.24) is 20.0 Å². The Kier molecular flexibility index (Phi) is 5.79. The Bertz CT molecular complexity index is 689. The van der Waals surface area contributed by atoms with Gasteiger partial charge in [0.25, 0.3) is 0 Å². The molecule has 0 N–H and O–H groups in total. The van der Waals surface area contributed by atoms with Crippen molar-refractivity contribution in [3.05, 3.63) is 24.2 Å². The maximum Gasteiger partial charge on any atom is 0.241 e. The molecule has 2 aliphatic rings. The predicted octanol–water partition coefficient (Wildman–Crippen LogP) is 4.22. The van der Waals surface area contributed by atoms with E-state index in [1.165, 1.54) is 44.9 Å². The van der Waals surface area contributed by atoms with Crippen LogP contribution in [0, 0.1) is 0 Å². The van der Waals surface area contributed by atoms with E-state index in [9.17, 15) is 0 Å². The van der Waals surface area contributed by atoms with Crippen molar-refractivity contribution in [1.29, 1.82) is 0 Å². The van der Waals surface area contributed by atoms with Crippen molar-refractivity contribution in [2.24, 2.45) is 0 Å². The Morgan fingerprint density at radius 1 is 1.04 bits per heavy atom. The Hall–Kier alpha value is -1.95. The summed E-state index contributed by atoms with van der Waals surface area (Å²) in [6.07, 6.45) is 13.1. The zero-order chi connectivity index (χ0) is 17.6. The van der Waals surface area contributed by atoms with E-state index in [0.717, 1.165) is 38.0 Å². The van der Waals surface area contributed by atoms with E-state index < -0.39 is 0 Å². The summed E-state index contributed by atoms with van der Waals surface area (Å²) in [6.45, 7) is 2.95. The smallest absolute Gasteiger partial charge is 0.241 e. The molecule has 2 aromatic heterocycles. The zero-order valence-corrected chi connectivity index (χ0v) is 15.4. The van der Waals surface area contributed by atoms with Crippen LogP contribution in [0.3, 0.4) is 0 Å². The van der Waals surface area contributed by atoms with Gasteiger partial charge in [-0.25, -0.2) is 4.98 Å². The number of aromatic nitrogens is 3. The first-order chi connectivity index (χ1) is 12.9. The number of hydrogen-bond donors (Lipinski definition) is 0. The Labute approximate surface area is 154 Å². The van der Waals surface area contributed by atoms with Crippen LogP contribution >= 0.6 is 0 Å². The minimum Gasteiger partial charge on any atom is -0.474 e. The van der Waals surface area contributed by atoms with Crippen LogP contribution in [0.25, 0.3) is 11.4 Å². The van der Waals surface area contributed by atoms with E-state index in [0.29, 0.717) is 17.6 Å². The number of likely N-dealkylation sites (tertiary alicyclic amines) is 1. The lowest BCUT2D eigenvalue weighted by molar-refractivity contribution is 0.149. The van der Waals surface area contributed by atoms with E-state index in [4.69, 9.17) is 9.26 Å². The number of ether oxygens (including phenoxy) is 1. The van der Waals surface area contributed by atoms with Crippen LogP contribution in [0.2, 0.25) is 0 Å². The lowest BCUT2D eigenvalue weighted by Crippen LogP contribution is -2.24. The molecule has 140 valence electrons. The van der Waals surface area contributed by atoms with E-state index in [1.54, 1.807) is 6.20 Å². The van der Waals surface area contributed by atoms with Crippen LogP contribution < -0.4 is 4.74 Å². The molecule has 0 aromatic carbocycles. The Morgan fingerprint density at radius 2 is 1.81 bits per heavy atom. The lowest BCUT2D eigenvalue weighted by atomic mass is 9.98. The molecule has 26 heavy (non-hydrogen) atoms. The number of rotatable bonds is 5. The van der Waals surface area contributed by atoms with E-state index >= 15 is 0 Å². The van der Waals surface area contributed by atoms with Gasteiger partial charge in [-0.1, -0.05) is 24.4 Å². The summed E-state index contributed by atoms with van der Waals surface area (Å²) in [7, 11) is 0.